The monoisotopic (exact) mass is 338 g/mol. The standard InChI is InChI=1S/C21H26N2O2/c1-13-19-8-5-10-23-11-9-20(18(19)23)14-6-3-4-7-16(14)22-21(13,20)15(12-19)17(24)25-2/h3-4,6-7,13,15,18,22H,5,8-12H2,1-2H3/t13?,15-,18-,19?,20+,21?/m0/s1. The highest BCUT2D eigenvalue weighted by atomic mass is 16.5. The lowest BCUT2D eigenvalue weighted by Gasteiger charge is -2.52. The molecule has 6 atom stereocenters. The molecule has 25 heavy (non-hydrogen) atoms. The van der Waals surface area contributed by atoms with E-state index in [0.29, 0.717) is 12.0 Å². The highest BCUT2D eigenvalue weighted by Crippen LogP contribution is 2.79. The molecule has 2 aliphatic carbocycles. The van der Waals surface area contributed by atoms with E-state index < -0.39 is 0 Å². The fourth-order valence-electron chi connectivity index (χ4n) is 8.44. The first-order chi connectivity index (χ1) is 12.1. The second-order valence-electron chi connectivity index (χ2n) is 9.04. The van der Waals surface area contributed by atoms with Crippen LogP contribution in [0, 0.1) is 17.3 Å². The van der Waals surface area contributed by atoms with E-state index in [9.17, 15) is 4.79 Å². The maximum absolute atomic E-state index is 12.9. The maximum Gasteiger partial charge on any atom is 0.311 e. The molecule has 4 fully saturated rings. The van der Waals surface area contributed by atoms with E-state index in [4.69, 9.17) is 4.74 Å². The molecule has 3 aliphatic heterocycles. The number of rotatable bonds is 1. The zero-order valence-electron chi connectivity index (χ0n) is 15.0. The summed E-state index contributed by atoms with van der Waals surface area (Å²) in [6, 6.07) is 9.42. The van der Waals surface area contributed by atoms with E-state index in [1.54, 1.807) is 7.11 Å². The zero-order chi connectivity index (χ0) is 17.0. The topological polar surface area (TPSA) is 41.6 Å². The third-order valence-electron chi connectivity index (χ3n) is 8.91. The molecular formula is C21H26N2O2. The van der Waals surface area contributed by atoms with Crippen molar-refractivity contribution in [3.63, 3.8) is 0 Å². The number of carbonyl (C=O) groups is 1. The van der Waals surface area contributed by atoms with Crippen molar-refractivity contribution in [3.05, 3.63) is 29.8 Å². The van der Waals surface area contributed by atoms with Crippen molar-refractivity contribution in [1.82, 2.24) is 4.90 Å². The molecule has 4 heteroatoms. The van der Waals surface area contributed by atoms with E-state index in [0.717, 1.165) is 6.42 Å². The fraction of sp³-hybridized carbons (Fsp3) is 0.667. The van der Waals surface area contributed by atoms with Crippen LogP contribution in [0.25, 0.3) is 0 Å². The number of fused-ring (bicyclic) bond motifs is 1. The molecule has 1 aromatic carbocycles. The maximum atomic E-state index is 12.9. The van der Waals surface area contributed by atoms with Crippen molar-refractivity contribution in [1.29, 1.82) is 0 Å². The minimum Gasteiger partial charge on any atom is -0.469 e. The predicted molar refractivity (Wildman–Crippen MR) is 95.4 cm³/mol. The molecule has 6 rings (SSSR count). The molecule has 0 amide bonds. The molecule has 1 aromatic rings. The Hall–Kier alpha value is -1.55. The number of carbonyl (C=O) groups excluding carboxylic acids is 1. The van der Waals surface area contributed by atoms with Gasteiger partial charge in [-0.1, -0.05) is 25.1 Å². The Labute approximate surface area is 148 Å². The van der Waals surface area contributed by atoms with Gasteiger partial charge in [0.25, 0.3) is 0 Å². The third-order valence-corrected chi connectivity index (χ3v) is 8.91. The fourth-order valence-corrected chi connectivity index (χ4v) is 8.44. The van der Waals surface area contributed by atoms with Crippen molar-refractivity contribution >= 4 is 11.7 Å². The Bertz CT molecular complexity index is 794. The smallest absolute Gasteiger partial charge is 0.311 e. The summed E-state index contributed by atoms with van der Waals surface area (Å²) in [6.07, 6.45) is 4.69. The summed E-state index contributed by atoms with van der Waals surface area (Å²) in [5.41, 5.74) is 2.88. The molecule has 132 valence electrons. The van der Waals surface area contributed by atoms with Crippen LogP contribution in [0.5, 0.6) is 0 Å². The average Bonchev–Trinajstić information content (AvgIpc) is 3.29. The Morgan fingerprint density at radius 2 is 2.12 bits per heavy atom. The van der Waals surface area contributed by atoms with E-state index in [1.807, 2.05) is 0 Å². The van der Waals surface area contributed by atoms with Gasteiger partial charge in [-0.2, -0.15) is 0 Å². The summed E-state index contributed by atoms with van der Waals surface area (Å²) in [4.78, 5) is 15.7. The highest BCUT2D eigenvalue weighted by Gasteiger charge is 2.86. The molecule has 3 spiro atoms. The van der Waals surface area contributed by atoms with Crippen molar-refractivity contribution in [2.24, 2.45) is 17.3 Å². The van der Waals surface area contributed by atoms with E-state index in [2.05, 4.69) is 41.4 Å². The number of hydrogen-bond donors (Lipinski definition) is 1. The number of piperidine rings is 1. The van der Waals surface area contributed by atoms with Crippen molar-refractivity contribution in [2.75, 3.05) is 25.5 Å². The van der Waals surface area contributed by atoms with Gasteiger partial charge in [0.15, 0.2) is 0 Å². The molecule has 0 aromatic heterocycles. The van der Waals surface area contributed by atoms with E-state index in [-0.39, 0.29) is 28.3 Å². The van der Waals surface area contributed by atoms with Crippen LogP contribution < -0.4 is 5.32 Å². The van der Waals surface area contributed by atoms with Crippen LogP contribution in [0.1, 0.15) is 38.2 Å². The zero-order valence-corrected chi connectivity index (χ0v) is 15.0. The Balaban J connectivity index is 1.67. The van der Waals surface area contributed by atoms with Crippen molar-refractivity contribution in [3.8, 4) is 0 Å². The molecule has 2 bridgehead atoms. The average molecular weight is 338 g/mol. The van der Waals surface area contributed by atoms with Crippen molar-refractivity contribution < 1.29 is 9.53 Å². The van der Waals surface area contributed by atoms with Gasteiger partial charge in [0.1, 0.15) is 0 Å². The minimum atomic E-state index is -0.173. The third kappa shape index (κ3) is 1.23. The highest BCUT2D eigenvalue weighted by molar-refractivity contribution is 5.82. The van der Waals surface area contributed by atoms with Gasteiger partial charge in [0, 0.05) is 17.1 Å². The second-order valence-corrected chi connectivity index (χ2v) is 9.04. The number of para-hydroxylation sites is 1. The Morgan fingerprint density at radius 3 is 2.96 bits per heavy atom. The van der Waals surface area contributed by atoms with Crippen LogP contribution in [-0.2, 0) is 14.9 Å². The van der Waals surface area contributed by atoms with Gasteiger partial charge in [-0.3, -0.25) is 9.69 Å². The SMILES string of the molecule is COC(=O)[C@@H]1CC23CCCN4CC[C@@]5(c6ccccc6NC15C2C)[C@@H]43. The van der Waals surface area contributed by atoms with Gasteiger partial charge in [-0.25, -0.2) is 0 Å². The summed E-state index contributed by atoms with van der Waals surface area (Å²) in [5.74, 6) is 0.449. The molecule has 3 heterocycles. The molecule has 4 nitrogen and oxygen atoms in total. The number of methoxy groups -OCH3 is 1. The number of esters is 1. The van der Waals surface area contributed by atoms with Crippen LogP contribution in [-0.4, -0.2) is 42.6 Å². The number of benzene rings is 1. The second kappa shape index (κ2) is 4.22. The lowest BCUT2D eigenvalue weighted by molar-refractivity contribution is -0.150. The largest absolute Gasteiger partial charge is 0.469 e. The summed E-state index contributed by atoms with van der Waals surface area (Å²) < 4.78 is 5.32. The Kier molecular flexibility index (Phi) is 2.47. The summed E-state index contributed by atoms with van der Waals surface area (Å²) in [6.45, 7) is 4.82. The van der Waals surface area contributed by atoms with Crippen LogP contribution in [0.3, 0.4) is 0 Å². The first-order valence-electron chi connectivity index (χ1n) is 9.81. The van der Waals surface area contributed by atoms with Crippen LogP contribution >= 0.6 is 0 Å². The summed E-state index contributed by atoms with van der Waals surface area (Å²) in [5, 5.41) is 3.96. The predicted octanol–water partition coefficient (Wildman–Crippen LogP) is 2.79. The van der Waals surface area contributed by atoms with Gasteiger partial charge in [0.2, 0.25) is 0 Å². The number of hydrogen-bond acceptors (Lipinski definition) is 4. The van der Waals surface area contributed by atoms with Crippen LogP contribution in [0.4, 0.5) is 5.69 Å². The van der Waals surface area contributed by atoms with E-state index >= 15 is 0 Å². The lowest BCUT2D eigenvalue weighted by Crippen LogP contribution is -2.63. The van der Waals surface area contributed by atoms with Gasteiger partial charge in [0.05, 0.1) is 18.6 Å². The number of nitrogens with one attached hydrogen (secondary N) is 1. The van der Waals surface area contributed by atoms with Gasteiger partial charge in [-0.05, 0) is 61.7 Å². The lowest BCUT2D eigenvalue weighted by atomic mass is 9.56. The first-order valence-corrected chi connectivity index (χ1v) is 9.81. The molecule has 0 radical (unpaired) electrons. The van der Waals surface area contributed by atoms with Gasteiger partial charge >= 0.3 is 5.97 Å². The van der Waals surface area contributed by atoms with Crippen LogP contribution in [0.15, 0.2) is 24.3 Å². The minimum absolute atomic E-state index is 0.00844. The molecule has 3 unspecified atom stereocenters. The summed E-state index contributed by atoms with van der Waals surface area (Å²) in [7, 11) is 1.56. The van der Waals surface area contributed by atoms with Crippen LogP contribution in [0.2, 0.25) is 0 Å². The first kappa shape index (κ1) is 14.6. The van der Waals surface area contributed by atoms with Gasteiger partial charge < -0.3 is 10.1 Å². The molecule has 5 aliphatic rings. The molecule has 2 saturated carbocycles. The molecular weight excluding hydrogens is 312 g/mol. The van der Waals surface area contributed by atoms with E-state index in [1.165, 1.54) is 43.6 Å². The number of nitrogens with zero attached hydrogens (tertiary/aromatic N) is 1. The number of anilines is 1. The molecule has 1 N–H and O–H groups in total. The summed E-state index contributed by atoms with van der Waals surface area (Å²) >= 11 is 0. The Morgan fingerprint density at radius 1 is 1.28 bits per heavy atom. The molecule has 2 saturated heterocycles. The normalized spacial score (nSPS) is 48.6. The number of ether oxygens (including phenoxy) is 1. The quantitative estimate of drug-likeness (QED) is 0.800. The van der Waals surface area contributed by atoms with Crippen molar-refractivity contribution in [2.45, 2.75) is 49.6 Å². The van der Waals surface area contributed by atoms with Gasteiger partial charge in [-0.15, -0.1) is 0 Å².